The van der Waals surface area contributed by atoms with E-state index < -0.39 is 59.6 Å². The molecular formula is C20H16NO9-. The summed E-state index contributed by atoms with van der Waals surface area (Å²) in [5.41, 5.74) is -1.80. The molecule has 4 rings (SSSR count). The van der Waals surface area contributed by atoms with Gasteiger partial charge in [0.05, 0.1) is 29.6 Å². The summed E-state index contributed by atoms with van der Waals surface area (Å²) < 4.78 is 16.1. The van der Waals surface area contributed by atoms with Gasteiger partial charge in [-0.15, -0.1) is 0 Å². The van der Waals surface area contributed by atoms with Crippen molar-refractivity contribution in [3.63, 3.8) is 0 Å². The summed E-state index contributed by atoms with van der Waals surface area (Å²) in [5, 5.41) is 11.2. The van der Waals surface area contributed by atoms with Gasteiger partial charge < -0.3 is 24.1 Å². The van der Waals surface area contributed by atoms with Gasteiger partial charge in [-0.05, 0) is 23.8 Å². The minimum atomic E-state index is -1.67. The van der Waals surface area contributed by atoms with Crippen LogP contribution in [0.3, 0.4) is 0 Å². The zero-order valence-electron chi connectivity index (χ0n) is 15.9. The number of aromatic carboxylic acids is 1. The van der Waals surface area contributed by atoms with Crippen LogP contribution >= 0.6 is 0 Å². The third-order valence-corrected chi connectivity index (χ3v) is 5.33. The SMILES string of the molecule is CC(=O)OC(OC(C)=O)[C@]12C=C[C@@H](O1)[C@H]1C(=O)N(c3cccc(C(=O)[O-])c3)C(=O)[C@@H]12. The van der Waals surface area contributed by atoms with Gasteiger partial charge in [0, 0.05) is 13.8 Å². The summed E-state index contributed by atoms with van der Waals surface area (Å²) in [5.74, 6) is -6.34. The van der Waals surface area contributed by atoms with E-state index in [0.29, 0.717) is 0 Å². The molecule has 0 radical (unpaired) electrons. The third kappa shape index (κ3) is 2.79. The fourth-order valence-corrected chi connectivity index (χ4v) is 4.24. The van der Waals surface area contributed by atoms with E-state index in [1.165, 1.54) is 24.3 Å². The van der Waals surface area contributed by atoms with Crippen molar-refractivity contribution in [1.82, 2.24) is 0 Å². The normalized spacial score (nSPS) is 28.8. The Hall–Kier alpha value is -3.53. The van der Waals surface area contributed by atoms with Crippen molar-refractivity contribution in [2.75, 3.05) is 4.90 Å². The second-order valence-corrected chi connectivity index (χ2v) is 7.20. The summed E-state index contributed by atoms with van der Waals surface area (Å²) in [6.07, 6.45) is 0.638. The maximum Gasteiger partial charge on any atom is 0.305 e. The van der Waals surface area contributed by atoms with E-state index in [2.05, 4.69) is 0 Å². The minimum absolute atomic E-state index is 0.0622. The molecule has 0 N–H and O–H groups in total. The Labute approximate surface area is 170 Å². The fourth-order valence-electron chi connectivity index (χ4n) is 4.24. The maximum atomic E-state index is 13.3. The average molecular weight is 414 g/mol. The highest BCUT2D eigenvalue weighted by molar-refractivity contribution is 6.23. The number of esters is 2. The van der Waals surface area contributed by atoms with Gasteiger partial charge in [0.2, 0.25) is 11.8 Å². The number of carboxylic acid groups (broad SMARTS) is 1. The van der Waals surface area contributed by atoms with Gasteiger partial charge in [-0.1, -0.05) is 18.2 Å². The van der Waals surface area contributed by atoms with Crippen molar-refractivity contribution in [3.05, 3.63) is 42.0 Å². The molecule has 0 spiro atoms. The maximum absolute atomic E-state index is 13.3. The Balaban J connectivity index is 1.75. The van der Waals surface area contributed by atoms with Crippen molar-refractivity contribution in [1.29, 1.82) is 0 Å². The number of ether oxygens (including phenoxy) is 3. The average Bonchev–Trinajstić information content (AvgIpc) is 3.32. The molecule has 1 aromatic carbocycles. The Morgan fingerprint density at radius 2 is 1.80 bits per heavy atom. The number of benzene rings is 1. The summed E-state index contributed by atoms with van der Waals surface area (Å²) in [6, 6.07) is 5.24. The second-order valence-electron chi connectivity index (χ2n) is 7.20. The molecule has 156 valence electrons. The molecule has 4 atom stereocenters. The number of carbonyl (C=O) groups is 5. The summed E-state index contributed by atoms with van der Waals surface area (Å²) >= 11 is 0. The van der Waals surface area contributed by atoms with Gasteiger partial charge in [0.15, 0.2) is 5.60 Å². The number of nitrogens with zero attached hydrogens (tertiary/aromatic N) is 1. The van der Waals surface area contributed by atoms with Gasteiger partial charge in [0.1, 0.15) is 0 Å². The van der Waals surface area contributed by atoms with Gasteiger partial charge >= 0.3 is 11.9 Å². The van der Waals surface area contributed by atoms with Gasteiger partial charge in [-0.3, -0.25) is 19.2 Å². The molecule has 3 aliphatic heterocycles. The van der Waals surface area contributed by atoms with E-state index in [9.17, 15) is 29.1 Å². The van der Waals surface area contributed by atoms with Crippen LogP contribution in [0, 0.1) is 11.8 Å². The van der Waals surface area contributed by atoms with Crippen LogP contribution in [0.15, 0.2) is 36.4 Å². The molecule has 0 aromatic heterocycles. The van der Waals surface area contributed by atoms with Gasteiger partial charge in [-0.2, -0.15) is 0 Å². The van der Waals surface area contributed by atoms with Crippen molar-refractivity contribution in [3.8, 4) is 0 Å². The van der Waals surface area contributed by atoms with Crippen LogP contribution in [0.5, 0.6) is 0 Å². The number of hydrogen-bond acceptors (Lipinski definition) is 9. The molecule has 3 heterocycles. The molecule has 2 saturated heterocycles. The van der Waals surface area contributed by atoms with E-state index >= 15 is 0 Å². The standard InChI is InChI=1S/C20H17NO9/c1-9(22)28-19(29-10(2)23)20-7-6-13(30-20)14-15(20)17(25)21(16(14)24)12-5-3-4-11(8-12)18(26)27/h3-8,13-15,19H,1-2H3,(H,26,27)/p-1/t13-,14-,15-,20-/m1/s1. The van der Waals surface area contributed by atoms with Crippen molar-refractivity contribution < 1.29 is 43.3 Å². The summed E-state index contributed by atoms with van der Waals surface area (Å²) in [7, 11) is 0. The topological polar surface area (TPSA) is 139 Å². The first-order chi connectivity index (χ1) is 14.2. The molecule has 0 aliphatic carbocycles. The zero-order chi connectivity index (χ0) is 21.8. The molecule has 10 nitrogen and oxygen atoms in total. The summed E-state index contributed by atoms with van der Waals surface area (Å²) in [4.78, 5) is 61.6. The zero-order valence-corrected chi connectivity index (χ0v) is 15.9. The van der Waals surface area contributed by atoms with E-state index in [4.69, 9.17) is 14.2 Å². The lowest BCUT2D eigenvalue weighted by Gasteiger charge is -2.34. The highest BCUT2D eigenvalue weighted by Gasteiger charge is 2.72. The molecule has 2 amide bonds. The molecule has 2 bridgehead atoms. The molecule has 1 aromatic rings. The van der Waals surface area contributed by atoms with E-state index in [0.717, 1.165) is 24.8 Å². The highest BCUT2D eigenvalue weighted by atomic mass is 16.7. The molecule has 3 aliphatic rings. The van der Waals surface area contributed by atoms with Crippen LogP contribution in [0.2, 0.25) is 0 Å². The van der Waals surface area contributed by atoms with Gasteiger partial charge in [-0.25, -0.2) is 4.90 Å². The Morgan fingerprint density at radius 1 is 1.13 bits per heavy atom. The van der Waals surface area contributed by atoms with Crippen molar-refractivity contribution in [2.45, 2.75) is 31.8 Å². The van der Waals surface area contributed by atoms with E-state index in [1.807, 2.05) is 0 Å². The number of carbonyl (C=O) groups excluding carboxylic acids is 5. The first kappa shape index (κ1) is 19.8. The number of fused-ring (bicyclic) bond motifs is 5. The predicted molar refractivity (Wildman–Crippen MR) is 94.3 cm³/mol. The minimum Gasteiger partial charge on any atom is -0.545 e. The molecular weight excluding hydrogens is 398 g/mol. The highest BCUT2D eigenvalue weighted by Crippen LogP contribution is 2.54. The number of rotatable bonds is 5. The van der Waals surface area contributed by atoms with Crippen LogP contribution in [0.4, 0.5) is 5.69 Å². The second kappa shape index (κ2) is 6.77. The Bertz CT molecular complexity index is 999. The van der Waals surface area contributed by atoms with Crippen LogP contribution in [0.25, 0.3) is 0 Å². The smallest absolute Gasteiger partial charge is 0.305 e. The quantitative estimate of drug-likeness (QED) is 0.265. The number of hydrogen-bond donors (Lipinski definition) is 0. The Morgan fingerprint density at radius 3 is 2.40 bits per heavy atom. The first-order valence-electron chi connectivity index (χ1n) is 9.06. The fraction of sp³-hybridized carbons (Fsp3) is 0.350. The first-order valence-corrected chi connectivity index (χ1v) is 9.06. The lowest BCUT2D eigenvalue weighted by atomic mass is 9.76. The lowest BCUT2D eigenvalue weighted by molar-refractivity contribution is -0.255. The molecule has 30 heavy (non-hydrogen) atoms. The molecule has 0 saturated carbocycles. The predicted octanol–water partition coefficient (Wildman–Crippen LogP) is -0.685. The number of carboxylic acids is 1. The molecule has 2 fully saturated rings. The van der Waals surface area contributed by atoms with E-state index in [1.54, 1.807) is 6.08 Å². The number of amides is 2. The Kier molecular flexibility index (Phi) is 4.46. The largest absolute Gasteiger partial charge is 0.545 e. The van der Waals surface area contributed by atoms with Crippen LogP contribution < -0.4 is 10.0 Å². The van der Waals surface area contributed by atoms with E-state index in [-0.39, 0.29) is 11.3 Å². The van der Waals surface area contributed by atoms with Crippen molar-refractivity contribution in [2.24, 2.45) is 11.8 Å². The summed E-state index contributed by atoms with van der Waals surface area (Å²) in [6.45, 7) is 2.21. The van der Waals surface area contributed by atoms with Gasteiger partial charge in [0.25, 0.3) is 6.29 Å². The van der Waals surface area contributed by atoms with Crippen LogP contribution in [-0.4, -0.2) is 47.7 Å². The van der Waals surface area contributed by atoms with Crippen LogP contribution in [0.1, 0.15) is 24.2 Å². The molecule has 0 unspecified atom stereocenters. The van der Waals surface area contributed by atoms with Crippen molar-refractivity contribution >= 4 is 35.4 Å². The third-order valence-electron chi connectivity index (χ3n) is 5.33. The monoisotopic (exact) mass is 414 g/mol. The van der Waals surface area contributed by atoms with Crippen LogP contribution in [-0.2, 0) is 33.4 Å². The lowest BCUT2D eigenvalue weighted by Crippen LogP contribution is -2.52. The number of anilines is 1. The molecule has 10 heteroatoms. The number of imide groups is 1.